The second-order valence-corrected chi connectivity index (χ2v) is 6.93. The molecule has 2 aliphatic heterocycles. The highest BCUT2D eigenvalue weighted by molar-refractivity contribution is 6.00. The second kappa shape index (κ2) is 6.83. The van der Waals surface area contributed by atoms with Crippen LogP contribution in [0.2, 0.25) is 0 Å². The lowest BCUT2D eigenvalue weighted by atomic mass is 10.2. The topological polar surface area (TPSA) is 52.7 Å². The lowest BCUT2D eigenvalue weighted by molar-refractivity contribution is -0.119. The molecule has 1 atom stereocenters. The van der Waals surface area contributed by atoms with Gasteiger partial charge in [-0.05, 0) is 55.7 Å². The first kappa shape index (κ1) is 16.6. The van der Waals surface area contributed by atoms with E-state index in [4.69, 9.17) is 0 Å². The summed E-state index contributed by atoms with van der Waals surface area (Å²) in [6, 6.07) is 15.5. The van der Waals surface area contributed by atoms with Gasteiger partial charge in [-0.15, -0.1) is 0 Å². The number of rotatable bonds is 4. The van der Waals surface area contributed by atoms with Gasteiger partial charge in [-0.3, -0.25) is 9.59 Å². The van der Waals surface area contributed by atoms with Gasteiger partial charge in [0.25, 0.3) is 0 Å². The maximum Gasteiger partial charge on any atom is 0.249 e. The molecule has 2 amide bonds. The Balaban J connectivity index is 1.42. The van der Waals surface area contributed by atoms with Gasteiger partial charge in [0.15, 0.2) is 0 Å². The van der Waals surface area contributed by atoms with E-state index in [0.717, 1.165) is 43.0 Å². The van der Waals surface area contributed by atoms with E-state index in [9.17, 15) is 9.59 Å². The quantitative estimate of drug-likeness (QED) is 0.922. The van der Waals surface area contributed by atoms with Gasteiger partial charge >= 0.3 is 0 Å². The van der Waals surface area contributed by atoms with Crippen molar-refractivity contribution in [2.45, 2.75) is 32.2 Å². The molecule has 2 aromatic carbocycles. The Kier molecular flexibility index (Phi) is 4.37. The van der Waals surface area contributed by atoms with E-state index < -0.39 is 0 Å². The van der Waals surface area contributed by atoms with E-state index >= 15 is 0 Å². The summed E-state index contributed by atoms with van der Waals surface area (Å²) in [5.74, 6) is 0.260. The molecule has 1 unspecified atom stereocenters. The number of carbonyl (C=O) groups excluding carboxylic acids is 2. The fourth-order valence-electron chi connectivity index (χ4n) is 3.77. The summed E-state index contributed by atoms with van der Waals surface area (Å²) in [6.45, 7) is 3.41. The summed E-state index contributed by atoms with van der Waals surface area (Å²) in [4.78, 5) is 28.4. The average molecular weight is 349 g/mol. The molecular weight excluding hydrogens is 326 g/mol. The number of nitrogens with zero attached hydrogens (tertiary/aromatic N) is 2. The molecule has 0 saturated carbocycles. The van der Waals surface area contributed by atoms with Gasteiger partial charge in [-0.1, -0.05) is 18.2 Å². The molecule has 0 aromatic heterocycles. The van der Waals surface area contributed by atoms with Gasteiger partial charge in [0.05, 0.1) is 0 Å². The molecule has 1 saturated heterocycles. The van der Waals surface area contributed by atoms with Crippen LogP contribution in [0.1, 0.15) is 25.3 Å². The van der Waals surface area contributed by atoms with Crippen molar-refractivity contribution in [3.8, 4) is 0 Å². The maximum absolute atomic E-state index is 12.8. The van der Waals surface area contributed by atoms with Crippen LogP contribution in [0.15, 0.2) is 48.5 Å². The van der Waals surface area contributed by atoms with Gasteiger partial charge in [0.1, 0.15) is 6.04 Å². The number of hydrogen-bond acceptors (Lipinski definition) is 3. The van der Waals surface area contributed by atoms with Crippen molar-refractivity contribution in [1.82, 2.24) is 0 Å². The summed E-state index contributed by atoms with van der Waals surface area (Å²) < 4.78 is 0. The molecule has 0 radical (unpaired) electrons. The SMILES string of the molecule is CC(Nc1ccc(N2CCCC2=O)cc1)C(=O)N1CCc2ccccc21. The molecule has 5 heteroatoms. The number of fused-ring (bicyclic) bond motifs is 1. The predicted octanol–water partition coefficient (Wildman–Crippen LogP) is 3.20. The molecule has 2 aliphatic rings. The zero-order chi connectivity index (χ0) is 18.1. The van der Waals surface area contributed by atoms with Gasteiger partial charge in [-0.25, -0.2) is 0 Å². The Bertz CT molecular complexity index is 831. The number of amides is 2. The predicted molar refractivity (Wildman–Crippen MR) is 104 cm³/mol. The van der Waals surface area contributed by atoms with Crippen molar-refractivity contribution < 1.29 is 9.59 Å². The van der Waals surface area contributed by atoms with Crippen LogP contribution in [0.5, 0.6) is 0 Å². The minimum Gasteiger partial charge on any atom is -0.374 e. The minimum absolute atomic E-state index is 0.0775. The van der Waals surface area contributed by atoms with Crippen LogP contribution in [0.3, 0.4) is 0 Å². The fraction of sp³-hybridized carbons (Fsp3) is 0.333. The van der Waals surface area contributed by atoms with Gasteiger partial charge < -0.3 is 15.1 Å². The maximum atomic E-state index is 12.8. The Morgan fingerprint density at radius 3 is 2.54 bits per heavy atom. The monoisotopic (exact) mass is 349 g/mol. The van der Waals surface area contributed by atoms with Gasteiger partial charge in [-0.2, -0.15) is 0 Å². The lowest BCUT2D eigenvalue weighted by Crippen LogP contribution is -2.40. The molecule has 0 spiro atoms. The molecule has 2 aromatic rings. The molecule has 0 bridgehead atoms. The van der Waals surface area contributed by atoms with Crippen LogP contribution in [0.4, 0.5) is 17.1 Å². The molecule has 5 nitrogen and oxygen atoms in total. The van der Waals surface area contributed by atoms with Crippen molar-refractivity contribution in [1.29, 1.82) is 0 Å². The van der Waals surface area contributed by atoms with E-state index in [0.29, 0.717) is 6.42 Å². The summed E-state index contributed by atoms with van der Waals surface area (Å²) in [7, 11) is 0. The average Bonchev–Trinajstić information content (AvgIpc) is 3.28. The Morgan fingerprint density at radius 2 is 1.81 bits per heavy atom. The molecule has 2 heterocycles. The summed E-state index contributed by atoms with van der Waals surface area (Å²) in [6.07, 6.45) is 2.46. The first-order chi connectivity index (χ1) is 12.6. The van der Waals surface area contributed by atoms with Gasteiger partial charge in [0, 0.05) is 36.6 Å². The standard InChI is InChI=1S/C21H23N3O2/c1-15(21(26)24-14-12-16-5-2-3-6-19(16)24)22-17-8-10-18(11-9-17)23-13-4-7-20(23)25/h2-3,5-6,8-11,15,22H,4,7,12-14H2,1H3. The zero-order valence-electron chi connectivity index (χ0n) is 14.9. The van der Waals surface area contributed by atoms with Crippen molar-refractivity contribution in [2.24, 2.45) is 0 Å². The molecule has 1 fully saturated rings. The Labute approximate surface area is 153 Å². The number of anilines is 3. The van der Waals surface area contributed by atoms with Crippen molar-refractivity contribution in [3.63, 3.8) is 0 Å². The van der Waals surface area contributed by atoms with Gasteiger partial charge in [0.2, 0.25) is 11.8 Å². The van der Waals surface area contributed by atoms with E-state index in [-0.39, 0.29) is 17.9 Å². The third-order valence-electron chi connectivity index (χ3n) is 5.16. The number of para-hydroxylation sites is 1. The third kappa shape index (κ3) is 3.05. The molecule has 1 N–H and O–H groups in total. The second-order valence-electron chi connectivity index (χ2n) is 6.93. The molecule has 0 aliphatic carbocycles. The first-order valence-corrected chi connectivity index (χ1v) is 9.20. The van der Waals surface area contributed by atoms with Crippen LogP contribution in [0, 0.1) is 0 Å². The first-order valence-electron chi connectivity index (χ1n) is 9.20. The van der Waals surface area contributed by atoms with Crippen molar-refractivity contribution in [3.05, 3.63) is 54.1 Å². The van der Waals surface area contributed by atoms with E-state index in [1.807, 2.05) is 59.2 Å². The molecule has 4 rings (SSSR count). The smallest absolute Gasteiger partial charge is 0.249 e. The molecule has 134 valence electrons. The molecular formula is C21H23N3O2. The van der Waals surface area contributed by atoms with E-state index in [1.165, 1.54) is 5.56 Å². The minimum atomic E-state index is -0.319. The largest absolute Gasteiger partial charge is 0.374 e. The van der Waals surface area contributed by atoms with Crippen LogP contribution in [-0.2, 0) is 16.0 Å². The number of benzene rings is 2. The molecule has 26 heavy (non-hydrogen) atoms. The third-order valence-corrected chi connectivity index (χ3v) is 5.16. The van der Waals surface area contributed by atoms with Crippen molar-refractivity contribution in [2.75, 3.05) is 28.2 Å². The number of hydrogen-bond donors (Lipinski definition) is 1. The van der Waals surface area contributed by atoms with Crippen LogP contribution in [0.25, 0.3) is 0 Å². The number of carbonyl (C=O) groups is 2. The zero-order valence-corrected chi connectivity index (χ0v) is 14.9. The van der Waals surface area contributed by atoms with Crippen LogP contribution >= 0.6 is 0 Å². The Hall–Kier alpha value is -2.82. The highest BCUT2D eigenvalue weighted by atomic mass is 16.2. The summed E-state index contributed by atoms with van der Waals surface area (Å²) >= 11 is 0. The number of nitrogens with one attached hydrogen (secondary N) is 1. The normalized spacial score (nSPS) is 17.3. The lowest BCUT2D eigenvalue weighted by Gasteiger charge is -2.23. The summed E-state index contributed by atoms with van der Waals surface area (Å²) in [5.41, 5.74) is 4.06. The fourth-order valence-corrected chi connectivity index (χ4v) is 3.77. The van der Waals surface area contributed by atoms with Crippen molar-refractivity contribution >= 4 is 28.9 Å². The Morgan fingerprint density at radius 1 is 1.04 bits per heavy atom. The van der Waals surface area contributed by atoms with Crippen LogP contribution < -0.4 is 15.1 Å². The van der Waals surface area contributed by atoms with E-state index in [1.54, 1.807) is 0 Å². The highest BCUT2D eigenvalue weighted by Crippen LogP contribution is 2.28. The summed E-state index contributed by atoms with van der Waals surface area (Å²) in [5, 5.41) is 3.28. The van der Waals surface area contributed by atoms with E-state index in [2.05, 4.69) is 11.4 Å². The highest BCUT2D eigenvalue weighted by Gasteiger charge is 2.27. The van der Waals surface area contributed by atoms with Crippen LogP contribution in [-0.4, -0.2) is 30.9 Å².